The summed E-state index contributed by atoms with van der Waals surface area (Å²) in [6.45, 7) is 1.17. The maximum atomic E-state index is 12.3. The molecule has 1 atom stereocenters. The summed E-state index contributed by atoms with van der Waals surface area (Å²) in [5.74, 6) is 0. The van der Waals surface area contributed by atoms with E-state index in [1.807, 2.05) is 0 Å². The number of sulfonamides is 1. The van der Waals surface area contributed by atoms with Crippen LogP contribution in [-0.2, 0) is 14.8 Å². The SMILES string of the molecule is O=C(O)N1CCC2(CC1)CC(NS(=O)(=O)c1ccccc1)CO2. The molecule has 0 radical (unpaired) electrons. The minimum Gasteiger partial charge on any atom is -0.465 e. The number of carboxylic acid groups (broad SMARTS) is 1. The van der Waals surface area contributed by atoms with Gasteiger partial charge in [-0.25, -0.2) is 17.9 Å². The smallest absolute Gasteiger partial charge is 0.407 e. The van der Waals surface area contributed by atoms with Crippen molar-refractivity contribution in [1.82, 2.24) is 9.62 Å². The lowest BCUT2D eigenvalue weighted by Crippen LogP contribution is -2.46. The number of hydrogen-bond acceptors (Lipinski definition) is 4. The van der Waals surface area contributed by atoms with Crippen molar-refractivity contribution in [3.8, 4) is 0 Å². The van der Waals surface area contributed by atoms with Crippen molar-refractivity contribution in [2.24, 2.45) is 0 Å². The fourth-order valence-electron chi connectivity index (χ4n) is 3.26. The lowest BCUT2D eigenvalue weighted by Gasteiger charge is -2.37. The second-order valence-electron chi connectivity index (χ2n) is 6.10. The molecule has 2 heterocycles. The van der Waals surface area contributed by atoms with Crippen molar-refractivity contribution < 1.29 is 23.1 Å². The van der Waals surface area contributed by atoms with Crippen LogP contribution in [0.2, 0.25) is 0 Å². The molecule has 2 aliphatic heterocycles. The Labute approximate surface area is 135 Å². The molecule has 1 spiro atoms. The molecule has 23 heavy (non-hydrogen) atoms. The first-order valence-electron chi connectivity index (χ1n) is 7.59. The van der Waals surface area contributed by atoms with Gasteiger partial charge in [-0.2, -0.15) is 0 Å². The average Bonchev–Trinajstić information content (AvgIpc) is 2.90. The topological polar surface area (TPSA) is 95.9 Å². The van der Waals surface area contributed by atoms with Crippen LogP contribution in [0, 0.1) is 0 Å². The van der Waals surface area contributed by atoms with Gasteiger partial charge in [0.15, 0.2) is 0 Å². The van der Waals surface area contributed by atoms with Gasteiger partial charge in [-0.15, -0.1) is 0 Å². The van der Waals surface area contributed by atoms with Crippen molar-refractivity contribution in [2.75, 3.05) is 19.7 Å². The summed E-state index contributed by atoms with van der Waals surface area (Å²) in [4.78, 5) is 12.6. The molecular weight excluding hydrogens is 320 g/mol. The van der Waals surface area contributed by atoms with E-state index in [1.54, 1.807) is 30.3 Å². The number of amides is 1. The molecule has 8 heteroatoms. The van der Waals surface area contributed by atoms with Gasteiger partial charge in [0.2, 0.25) is 10.0 Å². The van der Waals surface area contributed by atoms with E-state index in [2.05, 4.69) is 4.72 Å². The first-order chi connectivity index (χ1) is 10.9. The molecule has 1 aromatic rings. The van der Waals surface area contributed by atoms with Crippen LogP contribution in [0.3, 0.4) is 0 Å². The average molecular weight is 340 g/mol. The molecule has 0 aliphatic carbocycles. The number of nitrogens with one attached hydrogen (secondary N) is 1. The van der Waals surface area contributed by atoms with Crippen LogP contribution in [0.1, 0.15) is 19.3 Å². The van der Waals surface area contributed by atoms with E-state index in [0.717, 1.165) is 0 Å². The molecule has 2 fully saturated rings. The highest BCUT2D eigenvalue weighted by Gasteiger charge is 2.44. The van der Waals surface area contributed by atoms with Gasteiger partial charge in [0.05, 0.1) is 17.1 Å². The molecule has 7 nitrogen and oxygen atoms in total. The van der Waals surface area contributed by atoms with Crippen molar-refractivity contribution in [2.45, 2.75) is 35.8 Å². The number of ether oxygens (including phenoxy) is 1. The van der Waals surface area contributed by atoms with Gasteiger partial charge in [0, 0.05) is 19.1 Å². The predicted octanol–water partition coefficient (Wildman–Crippen LogP) is 1.27. The van der Waals surface area contributed by atoms with Crippen LogP contribution in [0.25, 0.3) is 0 Å². The zero-order valence-electron chi connectivity index (χ0n) is 12.6. The van der Waals surface area contributed by atoms with Gasteiger partial charge in [-0.05, 0) is 31.4 Å². The third-order valence-corrected chi connectivity index (χ3v) is 6.07. The van der Waals surface area contributed by atoms with Gasteiger partial charge in [0.25, 0.3) is 0 Å². The summed E-state index contributed by atoms with van der Waals surface area (Å²) in [7, 11) is -3.56. The van der Waals surface area contributed by atoms with Crippen LogP contribution < -0.4 is 4.72 Å². The molecule has 0 bridgehead atoms. The third-order valence-electron chi connectivity index (χ3n) is 4.53. The van der Waals surface area contributed by atoms with Crippen LogP contribution in [0.15, 0.2) is 35.2 Å². The number of hydrogen-bond donors (Lipinski definition) is 2. The molecule has 126 valence electrons. The minimum absolute atomic E-state index is 0.238. The Morgan fingerprint density at radius 2 is 1.91 bits per heavy atom. The maximum Gasteiger partial charge on any atom is 0.407 e. The zero-order chi connectivity index (χ0) is 16.5. The van der Waals surface area contributed by atoms with E-state index < -0.39 is 21.7 Å². The molecule has 1 aromatic carbocycles. The second kappa shape index (κ2) is 6.10. The number of rotatable bonds is 3. The molecule has 2 N–H and O–H groups in total. The number of nitrogens with zero attached hydrogens (tertiary/aromatic N) is 1. The van der Waals surface area contributed by atoms with E-state index in [1.165, 1.54) is 4.90 Å². The van der Waals surface area contributed by atoms with Gasteiger partial charge < -0.3 is 14.7 Å². The summed E-state index contributed by atoms with van der Waals surface area (Å²) in [6, 6.07) is 7.96. The van der Waals surface area contributed by atoms with Crippen LogP contribution in [0.5, 0.6) is 0 Å². The largest absolute Gasteiger partial charge is 0.465 e. The van der Waals surface area contributed by atoms with Crippen LogP contribution >= 0.6 is 0 Å². The van der Waals surface area contributed by atoms with Crippen molar-refractivity contribution in [1.29, 1.82) is 0 Å². The van der Waals surface area contributed by atoms with E-state index in [0.29, 0.717) is 39.0 Å². The molecule has 0 saturated carbocycles. The summed E-state index contributed by atoms with van der Waals surface area (Å²) in [6.07, 6.45) is 0.859. The predicted molar refractivity (Wildman–Crippen MR) is 82.7 cm³/mol. The second-order valence-corrected chi connectivity index (χ2v) is 7.81. The third kappa shape index (κ3) is 3.49. The van der Waals surface area contributed by atoms with Crippen molar-refractivity contribution >= 4 is 16.1 Å². The van der Waals surface area contributed by atoms with Crippen LogP contribution in [-0.4, -0.2) is 55.9 Å². The monoisotopic (exact) mass is 340 g/mol. The van der Waals surface area contributed by atoms with Gasteiger partial charge in [-0.3, -0.25) is 0 Å². The normalized spacial score (nSPS) is 24.0. The van der Waals surface area contributed by atoms with Crippen molar-refractivity contribution in [3.63, 3.8) is 0 Å². The quantitative estimate of drug-likeness (QED) is 0.864. The summed E-state index contributed by atoms with van der Waals surface area (Å²) in [5.41, 5.74) is -0.407. The highest BCUT2D eigenvalue weighted by molar-refractivity contribution is 7.89. The fraction of sp³-hybridized carbons (Fsp3) is 0.533. The molecule has 2 saturated heterocycles. The lowest BCUT2D eigenvalue weighted by atomic mass is 9.88. The van der Waals surface area contributed by atoms with E-state index in [4.69, 9.17) is 9.84 Å². The maximum absolute atomic E-state index is 12.3. The zero-order valence-corrected chi connectivity index (χ0v) is 13.5. The van der Waals surface area contributed by atoms with Crippen LogP contribution in [0.4, 0.5) is 4.79 Å². The van der Waals surface area contributed by atoms with Gasteiger partial charge in [0.1, 0.15) is 0 Å². The van der Waals surface area contributed by atoms with E-state index in [9.17, 15) is 13.2 Å². The highest BCUT2D eigenvalue weighted by atomic mass is 32.2. The Morgan fingerprint density at radius 1 is 1.26 bits per heavy atom. The molecular formula is C15H20N2O5S. The van der Waals surface area contributed by atoms with Gasteiger partial charge >= 0.3 is 6.09 Å². The Kier molecular flexibility index (Phi) is 4.31. The van der Waals surface area contributed by atoms with Gasteiger partial charge in [-0.1, -0.05) is 18.2 Å². The summed E-state index contributed by atoms with van der Waals surface area (Å²) >= 11 is 0. The molecule has 1 unspecified atom stereocenters. The number of carbonyl (C=O) groups is 1. The standard InChI is InChI=1S/C15H20N2O5S/c18-14(19)17-8-6-15(7-9-17)10-12(11-22-15)16-23(20,21)13-4-2-1-3-5-13/h1-5,12,16H,6-11H2,(H,18,19). The highest BCUT2D eigenvalue weighted by Crippen LogP contribution is 2.36. The number of benzene rings is 1. The lowest BCUT2D eigenvalue weighted by molar-refractivity contribution is -0.0394. The first kappa shape index (κ1) is 16.2. The molecule has 3 rings (SSSR count). The summed E-state index contributed by atoms with van der Waals surface area (Å²) in [5, 5.41) is 8.99. The minimum atomic E-state index is -3.56. The number of piperidine rings is 1. The van der Waals surface area contributed by atoms with E-state index in [-0.39, 0.29) is 10.9 Å². The fourth-order valence-corrected chi connectivity index (χ4v) is 4.50. The Bertz CT molecular complexity index is 668. The van der Waals surface area contributed by atoms with E-state index >= 15 is 0 Å². The Morgan fingerprint density at radius 3 is 2.52 bits per heavy atom. The Hall–Kier alpha value is -1.64. The molecule has 2 aliphatic rings. The molecule has 1 amide bonds. The van der Waals surface area contributed by atoms with Crippen molar-refractivity contribution in [3.05, 3.63) is 30.3 Å². The Balaban J connectivity index is 1.62. The number of likely N-dealkylation sites (tertiary alicyclic amines) is 1. The summed E-state index contributed by atoms with van der Waals surface area (Å²) < 4.78 is 33.2. The first-order valence-corrected chi connectivity index (χ1v) is 9.08. The molecule has 0 aromatic heterocycles.